The average molecular weight is 444 g/mol. The summed E-state index contributed by atoms with van der Waals surface area (Å²) in [6.07, 6.45) is 4.19. The fourth-order valence-electron chi connectivity index (χ4n) is 3.95. The predicted octanol–water partition coefficient (Wildman–Crippen LogP) is 3.54. The van der Waals surface area contributed by atoms with Crippen molar-refractivity contribution < 1.29 is 13.2 Å². The van der Waals surface area contributed by atoms with Crippen molar-refractivity contribution in [1.29, 1.82) is 0 Å². The number of hydrogen-bond donors (Lipinski definition) is 1. The lowest BCUT2D eigenvalue weighted by atomic mass is 10.0. The average Bonchev–Trinajstić information content (AvgIpc) is 2.74. The van der Waals surface area contributed by atoms with Crippen molar-refractivity contribution in [2.75, 3.05) is 41.6 Å². The summed E-state index contributed by atoms with van der Waals surface area (Å²) >= 11 is 0. The van der Waals surface area contributed by atoms with E-state index in [-0.39, 0.29) is 12.5 Å². The summed E-state index contributed by atoms with van der Waals surface area (Å²) in [5.74, 6) is 0.0632. The summed E-state index contributed by atoms with van der Waals surface area (Å²) in [6.45, 7) is 6.36. The Morgan fingerprint density at radius 1 is 1.13 bits per heavy atom. The first kappa shape index (κ1) is 23.1. The third-order valence-electron chi connectivity index (χ3n) is 5.67. The third-order valence-corrected chi connectivity index (χ3v) is 6.81. The number of para-hydroxylation sites is 1. The minimum absolute atomic E-state index is 0.216. The van der Waals surface area contributed by atoms with Gasteiger partial charge < -0.3 is 10.2 Å². The van der Waals surface area contributed by atoms with Gasteiger partial charge in [0.05, 0.1) is 11.9 Å². The van der Waals surface area contributed by atoms with Crippen LogP contribution >= 0.6 is 0 Å². The summed E-state index contributed by atoms with van der Waals surface area (Å²) in [4.78, 5) is 14.8. The Morgan fingerprint density at radius 3 is 2.52 bits per heavy atom. The van der Waals surface area contributed by atoms with Crippen LogP contribution in [0.3, 0.4) is 0 Å². The topological polar surface area (TPSA) is 69.7 Å². The van der Waals surface area contributed by atoms with Crippen molar-refractivity contribution in [2.24, 2.45) is 0 Å². The van der Waals surface area contributed by atoms with Gasteiger partial charge in [0.1, 0.15) is 6.54 Å². The normalized spacial score (nSPS) is 13.7. The highest BCUT2D eigenvalue weighted by atomic mass is 32.2. The smallest absolute Gasteiger partial charge is 0.240 e. The predicted molar refractivity (Wildman–Crippen MR) is 127 cm³/mol. The van der Waals surface area contributed by atoms with Crippen LogP contribution in [0, 0.1) is 0 Å². The van der Waals surface area contributed by atoms with Gasteiger partial charge in [0, 0.05) is 25.3 Å². The zero-order valence-electron chi connectivity index (χ0n) is 18.7. The highest BCUT2D eigenvalue weighted by Crippen LogP contribution is 2.26. The summed E-state index contributed by atoms with van der Waals surface area (Å²) in [6, 6.07) is 15.8. The van der Waals surface area contributed by atoms with Gasteiger partial charge in [-0.1, -0.05) is 44.2 Å². The lowest BCUT2D eigenvalue weighted by Crippen LogP contribution is -2.41. The fraction of sp³-hybridized carbons (Fsp3) is 0.458. The lowest BCUT2D eigenvalue weighted by molar-refractivity contribution is -0.119. The van der Waals surface area contributed by atoms with Crippen LogP contribution in [0.15, 0.2) is 48.5 Å². The quantitative estimate of drug-likeness (QED) is 0.602. The second-order valence-electron chi connectivity index (χ2n) is 8.44. The second kappa shape index (κ2) is 10.2. The lowest BCUT2D eigenvalue weighted by Gasteiger charge is -2.31. The molecule has 3 rings (SSSR count). The third kappa shape index (κ3) is 6.23. The molecule has 0 atom stereocenters. The first-order valence-corrected chi connectivity index (χ1v) is 12.8. The Balaban J connectivity index is 1.52. The van der Waals surface area contributed by atoms with Crippen molar-refractivity contribution in [2.45, 2.75) is 39.0 Å². The van der Waals surface area contributed by atoms with Crippen molar-refractivity contribution in [3.63, 3.8) is 0 Å². The Labute approximate surface area is 186 Å². The first-order chi connectivity index (χ1) is 14.8. The minimum atomic E-state index is -3.56. The number of aryl methyl sites for hydroxylation is 1. The number of anilines is 2. The van der Waals surface area contributed by atoms with Crippen LogP contribution in [0.2, 0.25) is 0 Å². The number of carbonyl (C=O) groups is 1. The number of amides is 1. The largest absolute Gasteiger partial charge is 0.371 e. The maximum atomic E-state index is 12.5. The molecule has 0 aliphatic carbocycles. The maximum absolute atomic E-state index is 12.5. The van der Waals surface area contributed by atoms with E-state index in [1.54, 1.807) is 12.1 Å². The molecule has 31 heavy (non-hydrogen) atoms. The van der Waals surface area contributed by atoms with E-state index in [1.165, 1.54) is 11.3 Å². The van der Waals surface area contributed by atoms with Gasteiger partial charge in [-0.05, 0) is 54.5 Å². The van der Waals surface area contributed by atoms with Gasteiger partial charge in [0.25, 0.3) is 0 Å². The van der Waals surface area contributed by atoms with E-state index in [0.717, 1.165) is 48.5 Å². The molecule has 0 bridgehead atoms. The van der Waals surface area contributed by atoms with E-state index in [0.29, 0.717) is 18.2 Å². The summed E-state index contributed by atoms with van der Waals surface area (Å²) < 4.78 is 25.7. The van der Waals surface area contributed by atoms with E-state index >= 15 is 0 Å². The molecule has 0 unspecified atom stereocenters. The van der Waals surface area contributed by atoms with Crippen molar-refractivity contribution in [3.8, 4) is 0 Å². The Morgan fingerprint density at radius 2 is 1.84 bits per heavy atom. The standard InChI is InChI=1S/C24H33N3O3S/c1-19(2)20-11-13-22(14-12-20)27(31(3,29)30)18-24(28)25-15-7-17-26-16-6-9-21-8-4-5-10-23(21)26/h4-5,8,10-14,19H,6-7,9,15-18H2,1-3H3,(H,25,28). The molecule has 2 aromatic carbocycles. The molecule has 1 aliphatic heterocycles. The first-order valence-electron chi connectivity index (χ1n) is 10.9. The van der Waals surface area contributed by atoms with Gasteiger partial charge in [0.15, 0.2) is 0 Å². The van der Waals surface area contributed by atoms with Crippen LogP contribution in [0.25, 0.3) is 0 Å². The molecule has 168 valence electrons. The minimum Gasteiger partial charge on any atom is -0.371 e. The molecule has 2 aromatic rings. The second-order valence-corrected chi connectivity index (χ2v) is 10.3. The van der Waals surface area contributed by atoms with E-state index < -0.39 is 10.0 Å². The number of benzene rings is 2. The monoisotopic (exact) mass is 443 g/mol. The molecular weight excluding hydrogens is 410 g/mol. The molecule has 7 heteroatoms. The molecule has 1 amide bonds. The Kier molecular flexibility index (Phi) is 7.59. The number of carbonyl (C=O) groups excluding carboxylic acids is 1. The van der Waals surface area contributed by atoms with Gasteiger partial charge in [-0.25, -0.2) is 8.42 Å². The SMILES string of the molecule is CC(C)c1ccc(N(CC(=O)NCCCN2CCCc3ccccc32)S(C)(=O)=O)cc1. The van der Waals surface area contributed by atoms with Crippen molar-refractivity contribution in [1.82, 2.24) is 5.32 Å². The molecule has 0 fully saturated rings. The summed E-state index contributed by atoms with van der Waals surface area (Å²) in [7, 11) is -3.56. The van der Waals surface area contributed by atoms with Gasteiger partial charge in [-0.3, -0.25) is 9.10 Å². The van der Waals surface area contributed by atoms with Crippen LogP contribution in [0.5, 0.6) is 0 Å². The van der Waals surface area contributed by atoms with E-state index in [4.69, 9.17) is 0 Å². The number of rotatable bonds is 9. The number of nitrogens with one attached hydrogen (secondary N) is 1. The van der Waals surface area contributed by atoms with Crippen LogP contribution < -0.4 is 14.5 Å². The number of hydrogen-bond acceptors (Lipinski definition) is 4. The summed E-state index contributed by atoms with van der Waals surface area (Å²) in [5.41, 5.74) is 4.30. The fourth-order valence-corrected chi connectivity index (χ4v) is 4.81. The molecule has 0 spiro atoms. The maximum Gasteiger partial charge on any atom is 0.240 e. The van der Waals surface area contributed by atoms with Gasteiger partial charge in [-0.2, -0.15) is 0 Å². The molecule has 1 N–H and O–H groups in total. The van der Waals surface area contributed by atoms with Gasteiger partial charge >= 0.3 is 0 Å². The van der Waals surface area contributed by atoms with Crippen LogP contribution in [-0.2, 0) is 21.2 Å². The zero-order valence-corrected chi connectivity index (χ0v) is 19.5. The highest BCUT2D eigenvalue weighted by molar-refractivity contribution is 7.92. The summed E-state index contributed by atoms with van der Waals surface area (Å²) in [5, 5.41) is 2.88. The number of fused-ring (bicyclic) bond motifs is 1. The molecule has 1 aliphatic rings. The molecular formula is C24H33N3O3S. The zero-order chi connectivity index (χ0) is 22.4. The van der Waals surface area contributed by atoms with E-state index in [1.807, 2.05) is 12.1 Å². The van der Waals surface area contributed by atoms with Crippen LogP contribution in [-0.4, -0.2) is 46.8 Å². The van der Waals surface area contributed by atoms with Crippen LogP contribution in [0.4, 0.5) is 11.4 Å². The van der Waals surface area contributed by atoms with Crippen LogP contribution in [0.1, 0.15) is 43.7 Å². The Bertz CT molecular complexity index is 987. The Hall–Kier alpha value is -2.54. The highest BCUT2D eigenvalue weighted by Gasteiger charge is 2.21. The van der Waals surface area contributed by atoms with E-state index in [2.05, 4.69) is 48.3 Å². The van der Waals surface area contributed by atoms with Gasteiger partial charge in [0.2, 0.25) is 15.9 Å². The molecule has 0 saturated carbocycles. The molecule has 0 radical (unpaired) electrons. The number of nitrogens with zero attached hydrogens (tertiary/aromatic N) is 2. The molecule has 0 saturated heterocycles. The van der Waals surface area contributed by atoms with Crippen molar-refractivity contribution >= 4 is 27.3 Å². The molecule has 6 nitrogen and oxygen atoms in total. The van der Waals surface area contributed by atoms with E-state index in [9.17, 15) is 13.2 Å². The molecule has 1 heterocycles. The van der Waals surface area contributed by atoms with Crippen molar-refractivity contribution in [3.05, 3.63) is 59.7 Å². The van der Waals surface area contributed by atoms with Gasteiger partial charge in [-0.15, -0.1) is 0 Å². The number of sulfonamides is 1. The molecule has 0 aromatic heterocycles.